The van der Waals surface area contributed by atoms with E-state index in [-0.39, 0.29) is 0 Å². The number of ether oxygens (including phenoxy) is 2. The number of fused-ring (bicyclic) bond motifs is 1. The molecule has 0 spiro atoms. The molecule has 2 aromatic carbocycles. The average Bonchev–Trinajstić information content (AvgIpc) is 2.62. The van der Waals surface area contributed by atoms with E-state index in [4.69, 9.17) is 9.47 Å². The maximum absolute atomic E-state index is 13.7. The Labute approximate surface area is 138 Å². The van der Waals surface area contributed by atoms with Gasteiger partial charge in [-0.2, -0.15) is 5.26 Å². The fourth-order valence-electron chi connectivity index (χ4n) is 2.43. The third-order valence-electron chi connectivity index (χ3n) is 3.62. The third-order valence-corrected chi connectivity index (χ3v) is 3.62. The van der Waals surface area contributed by atoms with Crippen molar-refractivity contribution in [2.24, 2.45) is 0 Å². The van der Waals surface area contributed by atoms with Crippen molar-refractivity contribution in [1.82, 2.24) is 4.98 Å². The highest BCUT2D eigenvalue weighted by Crippen LogP contribution is 2.35. The zero-order valence-corrected chi connectivity index (χ0v) is 13.1. The number of hydrogen-bond acceptors (Lipinski definition) is 5. The molecule has 0 bridgehead atoms. The van der Waals surface area contributed by atoms with Gasteiger partial charge in [-0.15, -0.1) is 0 Å². The second-order valence-electron chi connectivity index (χ2n) is 5.01. The monoisotopic (exact) mass is 323 g/mol. The molecule has 0 saturated carbocycles. The third kappa shape index (κ3) is 2.79. The largest absolute Gasteiger partial charge is 0.497 e. The van der Waals surface area contributed by atoms with Crippen LogP contribution in [0.1, 0.15) is 5.56 Å². The summed E-state index contributed by atoms with van der Waals surface area (Å²) in [5.74, 6) is 0.794. The highest BCUT2D eigenvalue weighted by Gasteiger charge is 2.13. The molecule has 0 saturated heterocycles. The van der Waals surface area contributed by atoms with Crippen LogP contribution in [0.5, 0.6) is 11.5 Å². The highest BCUT2D eigenvalue weighted by atomic mass is 19.1. The van der Waals surface area contributed by atoms with Gasteiger partial charge in [0.2, 0.25) is 0 Å². The van der Waals surface area contributed by atoms with Gasteiger partial charge < -0.3 is 14.8 Å². The van der Waals surface area contributed by atoms with Gasteiger partial charge in [-0.3, -0.25) is 4.98 Å². The van der Waals surface area contributed by atoms with Crippen LogP contribution in [0.3, 0.4) is 0 Å². The maximum atomic E-state index is 13.7. The first-order valence-electron chi connectivity index (χ1n) is 7.13. The number of hydrogen-bond donors (Lipinski definition) is 1. The molecule has 0 atom stereocenters. The number of nitrogens with one attached hydrogen (secondary N) is 1. The summed E-state index contributed by atoms with van der Waals surface area (Å²) in [4.78, 5) is 4.19. The van der Waals surface area contributed by atoms with E-state index in [1.54, 1.807) is 38.5 Å². The first kappa shape index (κ1) is 15.6. The van der Waals surface area contributed by atoms with Crippen LogP contribution in [0.25, 0.3) is 10.9 Å². The lowest BCUT2D eigenvalue weighted by Crippen LogP contribution is -2.00. The van der Waals surface area contributed by atoms with Gasteiger partial charge in [-0.1, -0.05) is 0 Å². The van der Waals surface area contributed by atoms with E-state index < -0.39 is 5.82 Å². The predicted octanol–water partition coefficient (Wildman–Crippen LogP) is 4.01. The standard InChI is InChI=1S/C18H14FN3O2/c1-23-13-4-6-17(24-2)16(8-13)22-18-11(9-20)10-21-15-5-3-12(19)7-14(15)18/h3-8,10H,1-2H3,(H,21,22). The lowest BCUT2D eigenvalue weighted by atomic mass is 10.1. The van der Waals surface area contributed by atoms with Crippen molar-refractivity contribution in [2.45, 2.75) is 0 Å². The lowest BCUT2D eigenvalue weighted by Gasteiger charge is -2.15. The minimum absolute atomic E-state index is 0.304. The van der Waals surface area contributed by atoms with Crippen LogP contribution in [0.15, 0.2) is 42.6 Å². The Balaban J connectivity index is 2.20. The zero-order valence-electron chi connectivity index (χ0n) is 13.1. The molecular formula is C18H14FN3O2. The van der Waals surface area contributed by atoms with Gasteiger partial charge in [-0.05, 0) is 30.3 Å². The Bertz CT molecular complexity index is 951. The van der Waals surface area contributed by atoms with Crippen molar-refractivity contribution in [3.63, 3.8) is 0 Å². The van der Waals surface area contributed by atoms with Gasteiger partial charge in [0.1, 0.15) is 23.4 Å². The molecule has 120 valence electrons. The van der Waals surface area contributed by atoms with Crippen molar-refractivity contribution < 1.29 is 13.9 Å². The first-order valence-corrected chi connectivity index (χ1v) is 7.13. The van der Waals surface area contributed by atoms with Crippen molar-refractivity contribution >= 4 is 22.3 Å². The van der Waals surface area contributed by atoms with E-state index in [1.807, 2.05) is 0 Å². The van der Waals surface area contributed by atoms with Crippen LogP contribution in [0, 0.1) is 17.1 Å². The van der Waals surface area contributed by atoms with E-state index in [0.29, 0.717) is 39.3 Å². The fraction of sp³-hybridized carbons (Fsp3) is 0.111. The molecule has 6 heteroatoms. The minimum Gasteiger partial charge on any atom is -0.497 e. The molecule has 3 rings (SSSR count). The number of rotatable bonds is 4. The Morgan fingerprint density at radius 1 is 1.12 bits per heavy atom. The van der Waals surface area contributed by atoms with Crippen molar-refractivity contribution in [3.8, 4) is 17.6 Å². The number of methoxy groups -OCH3 is 2. The fourth-order valence-corrected chi connectivity index (χ4v) is 2.43. The van der Waals surface area contributed by atoms with E-state index in [1.165, 1.54) is 18.3 Å². The Kier molecular flexibility index (Phi) is 4.17. The van der Waals surface area contributed by atoms with Crippen LogP contribution in [-0.2, 0) is 0 Å². The van der Waals surface area contributed by atoms with Crippen molar-refractivity contribution in [3.05, 3.63) is 54.0 Å². The highest BCUT2D eigenvalue weighted by molar-refractivity contribution is 5.96. The first-order chi connectivity index (χ1) is 11.7. The van der Waals surface area contributed by atoms with E-state index in [0.717, 1.165) is 0 Å². The van der Waals surface area contributed by atoms with Gasteiger partial charge >= 0.3 is 0 Å². The number of pyridine rings is 1. The van der Waals surface area contributed by atoms with Gasteiger partial charge in [0.25, 0.3) is 0 Å². The quantitative estimate of drug-likeness (QED) is 0.786. The summed E-state index contributed by atoms with van der Waals surface area (Å²) in [5, 5.41) is 13.0. The molecule has 0 unspecified atom stereocenters. The molecule has 3 aromatic rings. The van der Waals surface area contributed by atoms with Crippen LogP contribution in [0.2, 0.25) is 0 Å². The summed E-state index contributed by atoms with van der Waals surface area (Å²) in [6.45, 7) is 0. The topological polar surface area (TPSA) is 67.2 Å². The number of halogens is 1. The van der Waals surface area contributed by atoms with Crippen LogP contribution in [-0.4, -0.2) is 19.2 Å². The van der Waals surface area contributed by atoms with Crippen LogP contribution < -0.4 is 14.8 Å². The average molecular weight is 323 g/mol. The molecule has 5 nitrogen and oxygen atoms in total. The molecule has 0 aliphatic heterocycles. The van der Waals surface area contributed by atoms with Gasteiger partial charge in [-0.25, -0.2) is 4.39 Å². The minimum atomic E-state index is -0.403. The van der Waals surface area contributed by atoms with Crippen LogP contribution >= 0.6 is 0 Å². The van der Waals surface area contributed by atoms with E-state index in [2.05, 4.69) is 16.4 Å². The summed E-state index contributed by atoms with van der Waals surface area (Å²) in [7, 11) is 3.10. The van der Waals surface area contributed by atoms with Gasteiger partial charge in [0, 0.05) is 17.6 Å². The molecular weight excluding hydrogens is 309 g/mol. The molecule has 0 fully saturated rings. The van der Waals surface area contributed by atoms with Crippen LogP contribution in [0.4, 0.5) is 15.8 Å². The molecule has 0 aliphatic carbocycles. The predicted molar refractivity (Wildman–Crippen MR) is 89.2 cm³/mol. The normalized spacial score (nSPS) is 10.2. The molecule has 1 heterocycles. The Hall–Kier alpha value is -3.33. The molecule has 0 radical (unpaired) electrons. The molecule has 1 N–H and O–H groups in total. The smallest absolute Gasteiger partial charge is 0.142 e. The number of nitriles is 1. The second kappa shape index (κ2) is 6.42. The maximum Gasteiger partial charge on any atom is 0.142 e. The SMILES string of the molecule is COc1ccc(OC)c(Nc2c(C#N)cnc3ccc(F)cc23)c1. The van der Waals surface area contributed by atoms with E-state index >= 15 is 0 Å². The second-order valence-corrected chi connectivity index (χ2v) is 5.01. The van der Waals surface area contributed by atoms with Gasteiger partial charge in [0.05, 0.1) is 36.7 Å². The number of nitrogens with zero attached hydrogens (tertiary/aromatic N) is 2. The summed E-state index contributed by atoms with van der Waals surface area (Å²) >= 11 is 0. The molecule has 0 amide bonds. The summed E-state index contributed by atoms with van der Waals surface area (Å²) < 4.78 is 24.2. The Morgan fingerprint density at radius 2 is 1.96 bits per heavy atom. The summed E-state index contributed by atoms with van der Waals surface area (Å²) in [5.41, 5.74) is 1.96. The summed E-state index contributed by atoms with van der Waals surface area (Å²) in [6, 6.07) is 11.6. The van der Waals surface area contributed by atoms with E-state index in [9.17, 15) is 9.65 Å². The number of anilines is 2. The molecule has 0 aliphatic rings. The Morgan fingerprint density at radius 3 is 2.67 bits per heavy atom. The molecule has 24 heavy (non-hydrogen) atoms. The molecule has 1 aromatic heterocycles. The number of benzene rings is 2. The van der Waals surface area contributed by atoms with Crippen molar-refractivity contribution in [2.75, 3.05) is 19.5 Å². The summed E-state index contributed by atoms with van der Waals surface area (Å²) in [6.07, 6.45) is 1.45. The number of aromatic nitrogens is 1. The zero-order chi connectivity index (χ0) is 17.1. The lowest BCUT2D eigenvalue weighted by molar-refractivity contribution is 0.405. The van der Waals surface area contributed by atoms with Crippen molar-refractivity contribution in [1.29, 1.82) is 5.26 Å². The van der Waals surface area contributed by atoms with Gasteiger partial charge in [0.15, 0.2) is 0 Å².